The summed E-state index contributed by atoms with van der Waals surface area (Å²) in [7, 11) is 1.65. The number of hydrogen-bond acceptors (Lipinski definition) is 2. The third-order valence-electron chi connectivity index (χ3n) is 2.90. The summed E-state index contributed by atoms with van der Waals surface area (Å²) in [6, 6.07) is 5.21. The summed E-state index contributed by atoms with van der Waals surface area (Å²) in [5, 5.41) is 2.17. The summed E-state index contributed by atoms with van der Waals surface area (Å²) >= 11 is 0. The number of benzene rings is 1. The van der Waals surface area contributed by atoms with Crippen molar-refractivity contribution in [3.05, 3.63) is 29.3 Å². The summed E-state index contributed by atoms with van der Waals surface area (Å²) in [6.45, 7) is 0. The van der Waals surface area contributed by atoms with Gasteiger partial charge in [0.05, 0.1) is 6.10 Å². The molecule has 0 heterocycles. The third-order valence-corrected chi connectivity index (χ3v) is 2.90. The first-order valence-electron chi connectivity index (χ1n) is 5.33. The van der Waals surface area contributed by atoms with Gasteiger partial charge in [0.2, 0.25) is 0 Å². The van der Waals surface area contributed by atoms with Crippen LogP contribution in [-0.4, -0.2) is 25.5 Å². The summed E-state index contributed by atoms with van der Waals surface area (Å²) in [5.41, 5.74) is 2.60. The van der Waals surface area contributed by atoms with Crippen molar-refractivity contribution in [2.75, 3.05) is 12.4 Å². The molecule has 1 aliphatic carbocycles. The lowest BCUT2D eigenvalue weighted by Crippen LogP contribution is -2.20. The maximum absolute atomic E-state index is 12.1. The van der Waals surface area contributed by atoms with Gasteiger partial charge in [0.1, 0.15) is 0 Å². The van der Waals surface area contributed by atoms with Crippen molar-refractivity contribution in [3.63, 3.8) is 0 Å². The van der Waals surface area contributed by atoms with Gasteiger partial charge in [-0.3, -0.25) is 4.79 Å². The highest BCUT2D eigenvalue weighted by Gasteiger charge is 2.22. The van der Waals surface area contributed by atoms with Gasteiger partial charge in [-0.05, 0) is 36.1 Å². The number of methoxy groups -OCH3 is 1. The van der Waals surface area contributed by atoms with Gasteiger partial charge in [-0.1, -0.05) is 6.07 Å². The van der Waals surface area contributed by atoms with Crippen molar-refractivity contribution < 1.29 is 18.3 Å². The summed E-state index contributed by atoms with van der Waals surface area (Å²) in [6.07, 6.45) is -1.26. The lowest BCUT2D eigenvalue weighted by Gasteiger charge is -2.06. The minimum absolute atomic E-state index is 0.144. The molecule has 1 N–H and O–H groups in total. The SMILES string of the molecule is COC1Cc2ccc(NC(=O)C(F)F)cc2C1. The van der Waals surface area contributed by atoms with Crippen LogP contribution in [0.25, 0.3) is 0 Å². The zero-order valence-electron chi connectivity index (χ0n) is 9.37. The molecule has 0 aromatic heterocycles. The van der Waals surface area contributed by atoms with Gasteiger partial charge in [0.25, 0.3) is 5.91 Å². The fourth-order valence-electron chi connectivity index (χ4n) is 2.02. The van der Waals surface area contributed by atoms with Crippen molar-refractivity contribution in [2.24, 2.45) is 0 Å². The minimum atomic E-state index is -2.99. The number of fused-ring (bicyclic) bond motifs is 1. The summed E-state index contributed by atoms with van der Waals surface area (Å²) < 4.78 is 29.4. The van der Waals surface area contributed by atoms with E-state index in [1.165, 1.54) is 0 Å². The topological polar surface area (TPSA) is 38.3 Å². The number of carbonyl (C=O) groups excluding carboxylic acids is 1. The molecule has 0 radical (unpaired) electrons. The predicted molar refractivity (Wildman–Crippen MR) is 59.3 cm³/mol. The Bertz CT molecular complexity index is 435. The Labute approximate surface area is 97.8 Å². The Morgan fingerprint density at radius 3 is 2.76 bits per heavy atom. The van der Waals surface area contributed by atoms with Crippen molar-refractivity contribution in [1.29, 1.82) is 0 Å². The zero-order chi connectivity index (χ0) is 12.4. The number of anilines is 1. The molecule has 1 atom stereocenters. The highest BCUT2D eigenvalue weighted by Crippen LogP contribution is 2.26. The maximum Gasteiger partial charge on any atom is 0.315 e. The van der Waals surface area contributed by atoms with Crippen LogP contribution in [0.3, 0.4) is 0 Å². The second-order valence-electron chi connectivity index (χ2n) is 4.04. The van der Waals surface area contributed by atoms with Gasteiger partial charge >= 0.3 is 6.43 Å². The first-order valence-corrected chi connectivity index (χ1v) is 5.33. The van der Waals surface area contributed by atoms with E-state index in [-0.39, 0.29) is 6.10 Å². The molecule has 5 heteroatoms. The van der Waals surface area contributed by atoms with Crippen LogP contribution in [0, 0.1) is 0 Å². The van der Waals surface area contributed by atoms with E-state index in [0.717, 1.165) is 24.0 Å². The van der Waals surface area contributed by atoms with Gasteiger partial charge in [-0.15, -0.1) is 0 Å². The average Bonchev–Trinajstić information content (AvgIpc) is 2.70. The predicted octanol–water partition coefficient (Wildman–Crippen LogP) is 2.00. The van der Waals surface area contributed by atoms with E-state index in [2.05, 4.69) is 5.32 Å². The minimum Gasteiger partial charge on any atom is -0.381 e. The van der Waals surface area contributed by atoms with E-state index in [9.17, 15) is 13.6 Å². The molecule has 1 aromatic carbocycles. The zero-order valence-corrected chi connectivity index (χ0v) is 9.37. The van der Waals surface area contributed by atoms with E-state index in [1.807, 2.05) is 6.07 Å². The van der Waals surface area contributed by atoms with Gasteiger partial charge in [-0.25, -0.2) is 0 Å². The number of nitrogens with one attached hydrogen (secondary N) is 1. The fourth-order valence-corrected chi connectivity index (χ4v) is 2.02. The number of alkyl halides is 2. The molecule has 0 saturated carbocycles. The molecular formula is C12H13F2NO2. The highest BCUT2D eigenvalue weighted by atomic mass is 19.3. The van der Waals surface area contributed by atoms with Gasteiger partial charge < -0.3 is 10.1 Å². The van der Waals surface area contributed by atoms with Gasteiger partial charge in [0, 0.05) is 12.8 Å². The molecule has 2 rings (SSSR count). The Kier molecular flexibility index (Phi) is 3.38. The number of ether oxygens (including phenoxy) is 1. The van der Waals surface area contributed by atoms with Crippen LogP contribution >= 0.6 is 0 Å². The average molecular weight is 241 g/mol. The lowest BCUT2D eigenvalue weighted by molar-refractivity contribution is -0.126. The molecule has 17 heavy (non-hydrogen) atoms. The largest absolute Gasteiger partial charge is 0.381 e. The van der Waals surface area contributed by atoms with Crippen molar-refractivity contribution in [2.45, 2.75) is 25.4 Å². The molecule has 0 fully saturated rings. The van der Waals surface area contributed by atoms with E-state index < -0.39 is 12.3 Å². The normalized spacial score (nSPS) is 18.2. The quantitative estimate of drug-likeness (QED) is 0.879. The van der Waals surface area contributed by atoms with Crippen LogP contribution in [-0.2, 0) is 22.4 Å². The summed E-state index contributed by atoms with van der Waals surface area (Å²) in [4.78, 5) is 10.8. The van der Waals surface area contributed by atoms with Crippen LogP contribution in [0.2, 0.25) is 0 Å². The lowest BCUT2D eigenvalue weighted by atomic mass is 10.1. The molecule has 92 valence electrons. The number of carbonyl (C=O) groups is 1. The molecule has 0 aliphatic heterocycles. The molecule has 0 spiro atoms. The van der Waals surface area contributed by atoms with E-state index in [1.54, 1.807) is 19.2 Å². The van der Waals surface area contributed by atoms with Crippen molar-refractivity contribution in [3.8, 4) is 0 Å². The van der Waals surface area contributed by atoms with E-state index in [0.29, 0.717) is 5.69 Å². The molecule has 1 aromatic rings. The number of hydrogen-bond donors (Lipinski definition) is 1. The number of halogens is 2. The number of amides is 1. The second-order valence-corrected chi connectivity index (χ2v) is 4.04. The fraction of sp³-hybridized carbons (Fsp3) is 0.417. The van der Waals surface area contributed by atoms with Gasteiger partial charge in [0.15, 0.2) is 0 Å². The maximum atomic E-state index is 12.1. The van der Waals surface area contributed by atoms with Crippen molar-refractivity contribution >= 4 is 11.6 Å². The van der Waals surface area contributed by atoms with E-state index in [4.69, 9.17) is 4.74 Å². The molecule has 1 amide bonds. The van der Waals surface area contributed by atoms with Crippen molar-refractivity contribution in [1.82, 2.24) is 0 Å². The molecule has 1 aliphatic rings. The van der Waals surface area contributed by atoms with Gasteiger partial charge in [-0.2, -0.15) is 8.78 Å². The van der Waals surface area contributed by atoms with Crippen LogP contribution in [0.5, 0.6) is 0 Å². The Morgan fingerprint density at radius 2 is 2.12 bits per heavy atom. The third kappa shape index (κ3) is 2.61. The Morgan fingerprint density at radius 1 is 1.41 bits per heavy atom. The first-order chi connectivity index (χ1) is 8.10. The van der Waals surface area contributed by atoms with E-state index >= 15 is 0 Å². The van der Waals surface area contributed by atoms with Crippen LogP contribution < -0.4 is 5.32 Å². The van der Waals surface area contributed by atoms with Crippen LogP contribution in [0.15, 0.2) is 18.2 Å². The highest BCUT2D eigenvalue weighted by molar-refractivity contribution is 5.93. The molecule has 1 unspecified atom stereocenters. The second kappa shape index (κ2) is 4.79. The molecule has 0 saturated heterocycles. The Hall–Kier alpha value is -1.49. The first kappa shape index (κ1) is 12.0. The number of rotatable bonds is 3. The molecule has 3 nitrogen and oxygen atoms in total. The molecule has 0 bridgehead atoms. The smallest absolute Gasteiger partial charge is 0.315 e. The van der Waals surface area contributed by atoms with Crippen LogP contribution in [0.4, 0.5) is 14.5 Å². The van der Waals surface area contributed by atoms with Crippen LogP contribution in [0.1, 0.15) is 11.1 Å². The summed E-state index contributed by atoms with van der Waals surface area (Å²) in [5.74, 6) is -1.27. The molecular weight excluding hydrogens is 228 g/mol. The standard InChI is InChI=1S/C12H13F2NO2/c1-17-10-5-7-2-3-9(4-8(7)6-10)15-12(16)11(13)14/h2-4,10-11H,5-6H2,1H3,(H,15,16). The Balaban J connectivity index is 2.11. The monoisotopic (exact) mass is 241 g/mol.